The van der Waals surface area contributed by atoms with Crippen molar-refractivity contribution < 1.29 is 4.74 Å². The van der Waals surface area contributed by atoms with Crippen LogP contribution in [0.1, 0.15) is 51.9 Å². The van der Waals surface area contributed by atoms with Gasteiger partial charge in [0, 0.05) is 11.4 Å². The van der Waals surface area contributed by atoms with Gasteiger partial charge in [0.25, 0.3) is 5.56 Å². The van der Waals surface area contributed by atoms with Gasteiger partial charge in [0.1, 0.15) is 5.75 Å². The lowest BCUT2D eigenvalue weighted by Crippen LogP contribution is -2.21. The van der Waals surface area contributed by atoms with Crippen LogP contribution in [0.3, 0.4) is 0 Å². The third-order valence-corrected chi connectivity index (χ3v) is 6.31. The second kappa shape index (κ2) is 9.33. The Balaban J connectivity index is 1.23. The van der Waals surface area contributed by atoms with Crippen LogP contribution in [0.4, 0.5) is 5.82 Å². The van der Waals surface area contributed by atoms with Gasteiger partial charge in [-0.05, 0) is 55.7 Å². The van der Waals surface area contributed by atoms with Crippen LogP contribution in [0.2, 0.25) is 0 Å². The summed E-state index contributed by atoms with van der Waals surface area (Å²) in [7, 11) is 0. The molecule has 3 aromatic rings. The molecule has 1 heterocycles. The van der Waals surface area contributed by atoms with E-state index in [1.165, 1.54) is 25.7 Å². The molecule has 0 aliphatic heterocycles. The van der Waals surface area contributed by atoms with Crippen LogP contribution >= 0.6 is 0 Å². The zero-order valence-corrected chi connectivity index (χ0v) is 17.7. The van der Waals surface area contributed by atoms with Gasteiger partial charge in [0.15, 0.2) is 5.82 Å². The number of rotatable bonds is 9. The minimum atomic E-state index is -0.136. The summed E-state index contributed by atoms with van der Waals surface area (Å²) in [6, 6.07) is 18.1. The molecule has 2 aromatic carbocycles. The Hall–Kier alpha value is -2.82. The maximum absolute atomic E-state index is 12.0. The van der Waals surface area contributed by atoms with E-state index >= 15 is 0 Å². The van der Waals surface area contributed by atoms with Gasteiger partial charge < -0.3 is 10.1 Å². The third kappa shape index (κ3) is 5.02. The van der Waals surface area contributed by atoms with Crippen molar-refractivity contribution in [3.8, 4) is 5.75 Å². The van der Waals surface area contributed by atoms with E-state index in [1.807, 2.05) is 54.6 Å². The first-order valence-electron chi connectivity index (χ1n) is 11.0. The lowest BCUT2D eigenvalue weighted by atomic mass is 9.83. The Morgan fingerprint density at radius 3 is 2.67 bits per heavy atom. The molecule has 5 nitrogen and oxygen atoms in total. The topological polar surface area (TPSA) is 67.0 Å². The van der Waals surface area contributed by atoms with Gasteiger partial charge in [-0.3, -0.25) is 4.79 Å². The van der Waals surface area contributed by atoms with Gasteiger partial charge in [-0.1, -0.05) is 56.2 Å². The highest BCUT2D eigenvalue weighted by molar-refractivity contribution is 5.90. The van der Waals surface area contributed by atoms with E-state index in [1.54, 1.807) is 0 Å². The van der Waals surface area contributed by atoms with Crippen LogP contribution in [0.5, 0.6) is 5.75 Å². The molecule has 4 rings (SSSR count). The number of hydrogen-bond donors (Lipinski definition) is 2. The number of para-hydroxylation sites is 1. The van der Waals surface area contributed by atoms with Crippen LogP contribution in [0, 0.1) is 5.41 Å². The summed E-state index contributed by atoms with van der Waals surface area (Å²) >= 11 is 0. The van der Waals surface area contributed by atoms with Gasteiger partial charge in [0.2, 0.25) is 0 Å². The van der Waals surface area contributed by atoms with Crippen LogP contribution in [0.25, 0.3) is 10.8 Å². The molecule has 2 atom stereocenters. The summed E-state index contributed by atoms with van der Waals surface area (Å²) in [4.78, 5) is 12.0. The molecule has 158 valence electrons. The first kappa shape index (κ1) is 20.5. The van der Waals surface area contributed by atoms with Crippen LogP contribution in [-0.2, 0) is 0 Å². The van der Waals surface area contributed by atoms with Crippen molar-refractivity contribution in [2.24, 2.45) is 5.41 Å². The van der Waals surface area contributed by atoms with Gasteiger partial charge in [-0.25, -0.2) is 5.10 Å². The number of anilines is 1. The number of H-pyrrole nitrogens is 1. The smallest absolute Gasteiger partial charge is 0.272 e. The Morgan fingerprint density at radius 1 is 1.07 bits per heavy atom. The van der Waals surface area contributed by atoms with Gasteiger partial charge in [0.05, 0.1) is 12.0 Å². The molecule has 2 unspecified atom stereocenters. The molecule has 5 heteroatoms. The number of nitrogens with zero attached hydrogens (tertiary/aromatic N) is 1. The number of benzene rings is 2. The molecule has 1 aliphatic carbocycles. The van der Waals surface area contributed by atoms with Crippen molar-refractivity contribution in [1.82, 2.24) is 10.2 Å². The molecule has 0 spiro atoms. The normalized spacial score (nSPS) is 21.0. The SMILES string of the molecule is CC1(CCCCCOc2ccccc2)CCC(Nc2n[nH]c(=O)c3ccccc23)C1. The predicted molar refractivity (Wildman–Crippen MR) is 122 cm³/mol. The fourth-order valence-electron chi connectivity index (χ4n) is 4.63. The fraction of sp³-hybridized carbons (Fsp3) is 0.440. The molecule has 0 saturated heterocycles. The van der Waals surface area contributed by atoms with Crippen LogP contribution < -0.4 is 15.6 Å². The van der Waals surface area contributed by atoms with E-state index in [0.29, 0.717) is 16.8 Å². The Labute approximate surface area is 177 Å². The monoisotopic (exact) mass is 405 g/mol. The zero-order valence-electron chi connectivity index (χ0n) is 17.7. The average molecular weight is 406 g/mol. The molecule has 30 heavy (non-hydrogen) atoms. The molecule has 2 N–H and O–H groups in total. The molecular weight excluding hydrogens is 374 g/mol. The molecule has 1 aromatic heterocycles. The minimum Gasteiger partial charge on any atom is -0.494 e. The first-order valence-corrected chi connectivity index (χ1v) is 11.0. The Kier molecular flexibility index (Phi) is 6.36. The molecule has 0 bridgehead atoms. The minimum absolute atomic E-state index is 0.136. The number of aromatic nitrogens is 2. The third-order valence-electron chi connectivity index (χ3n) is 6.31. The quantitative estimate of drug-likeness (QED) is 0.459. The maximum Gasteiger partial charge on any atom is 0.272 e. The van der Waals surface area contributed by atoms with E-state index in [9.17, 15) is 4.79 Å². The molecule has 1 aliphatic rings. The Bertz CT molecular complexity index is 1020. The number of ether oxygens (including phenoxy) is 1. The maximum atomic E-state index is 12.0. The first-order chi connectivity index (χ1) is 14.6. The van der Waals surface area contributed by atoms with E-state index in [0.717, 1.165) is 42.8 Å². The van der Waals surface area contributed by atoms with E-state index in [4.69, 9.17) is 4.74 Å². The highest BCUT2D eigenvalue weighted by Gasteiger charge is 2.34. The highest BCUT2D eigenvalue weighted by atomic mass is 16.5. The number of hydrogen-bond acceptors (Lipinski definition) is 4. The van der Waals surface area contributed by atoms with Crippen LogP contribution in [-0.4, -0.2) is 22.8 Å². The summed E-state index contributed by atoms with van der Waals surface area (Å²) in [6.07, 6.45) is 8.29. The van der Waals surface area contributed by atoms with Gasteiger partial charge >= 0.3 is 0 Å². The van der Waals surface area contributed by atoms with Crippen molar-refractivity contribution in [2.45, 2.75) is 57.9 Å². The number of aromatic amines is 1. The zero-order chi connectivity index (χ0) is 20.8. The second-order valence-corrected chi connectivity index (χ2v) is 8.81. The molecule has 1 saturated carbocycles. The van der Waals surface area contributed by atoms with Gasteiger partial charge in [-0.2, -0.15) is 5.10 Å². The summed E-state index contributed by atoms with van der Waals surface area (Å²) in [6.45, 7) is 3.20. The van der Waals surface area contributed by atoms with Crippen molar-refractivity contribution in [2.75, 3.05) is 11.9 Å². The molecule has 1 fully saturated rings. The number of unbranched alkanes of at least 4 members (excludes halogenated alkanes) is 2. The lowest BCUT2D eigenvalue weighted by molar-refractivity contribution is 0.274. The van der Waals surface area contributed by atoms with Crippen molar-refractivity contribution >= 4 is 16.6 Å². The second-order valence-electron chi connectivity index (χ2n) is 8.81. The van der Waals surface area contributed by atoms with Gasteiger partial charge in [-0.15, -0.1) is 0 Å². The summed E-state index contributed by atoms with van der Waals surface area (Å²) in [5.41, 5.74) is 0.235. The summed E-state index contributed by atoms with van der Waals surface area (Å²) in [5, 5.41) is 12.1. The lowest BCUT2D eigenvalue weighted by Gasteiger charge is -2.24. The molecular formula is C25H31N3O2. The predicted octanol–water partition coefficient (Wildman–Crippen LogP) is 5.53. The van der Waals surface area contributed by atoms with Crippen molar-refractivity contribution in [1.29, 1.82) is 0 Å². The molecule has 0 amide bonds. The van der Waals surface area contributed by atoms with E-state index in [2.05, 4.69) is 22.4 Å². The van der Waals surface area contributed by atoms with Crippen molar-refractivity contribution in [3.05, 3.63) is 65.0 Å². The van der Waals surface area contributed by atoms with E-state index < -0.39 is 0 Å². The fourth-order valence-corrected chi connectivity index (χ4v) is 4.63. The Morgan fingerprint density at radius 2 is 1.83 bits per heavy atom. The van der Waals surface area contributed by atoms with Crippen LogP contribution in [0.15, 0.2) is 59.4 Å². The van der Waals surface area contributed by atoms with E-state index in [-0.39, 0.29) is 5.56 Å². The average Bonchev–Trinajstić information content (AvgIpc) is 3.14. The summed E-state index contributed by atoms with van der Waals surface area (Å²) in [5.74, 6) is 1.75. The number of fused-ring (bicyclic) bond motifs is 1. The summed E-state index contributed by atoms with van der Waals surface area (Å²) < 4.78 is 5.79. The van der Waals surface area contributed by atoms with Crippen molar-refractivity contribution in [3.63, 3.8) is 0 Å². The standard InChI is InChI=1S/C25H31N3O2/c1-25(15-8-3-9-17-30-20-10-4-2-5-11-20)16-14-19(18-25)26-23-21-12-6-7-13-22(21)24(29)28-27-23/h2,4-7,10-13,19H,3,8-9,14-18H2,1H3,(H,26,27)(H,28,29). The number of nitrogens with one attached hydrogen (secondary N) is 2. The molecule has 0 radical (unpaired) electrons. The largest absolute Gasteiger partial charge is 0.494 e. The highest BCUT2D eigenvalue weighted by Crippen LogP contribution is 2.43.